The fourth-order valence-corrected chi connectivity index (χ4v) is 1.85. The van der Waals surface area contributed by atoms with E-state index in [0.29, 0.717) is 0 Å². The molecule has 2 rings (SSSR count). The van der Waals surface area contributed by atoms with Gasteiger partial charge >= 0.3 is 5.97 Å². The highest BCUT2D eigenvalue weighted by Crippen LogP contribution is 2.12. The Labute approximate surface area is 106 Å². The molecule has 92 valence electrons. The number of carboxylic acid groups (broad SMARTS) is 1. The molecule has 0 bridgehead atoms. The molecule has 0 amide bonds. The average Bonchev–Trinajstić information content (AvgIpc) is 2.77. The second-order valence-electron chi connectivity index (χ2n) is 4.16. The molecule has 18 heavy (non-hydrogen) atoms. The SMILES string of the molecule is Cc1ccccc1Cn1cccc1/C=C/C(=O)O. The number of benzene rings is 1. The molecule has 0 saturated heterocycles. The minimum atomic E-state index is -0.932. The van der Waals surface area contributed by atoms with Gasteiger partial charge in [-0.05, 0) is 36.3 Å². The molecule has 3 heteroatoms. The van der Waals surface area contributed by atoms with Gasteiger partial charge in [-0.2, -0.15) is 0 Å². The van der Waals surface area contributed by atoms with E-state index in [1.165, 1.54) is 11.1 Å². The number of carbonyl (C=O) groups is 1. The fraction of sp³-hybridized carbons (Fsp3) is 0.133. The molecule has 0 aliphatic rings. The van der Waals surface area contributed by atoms with Gasteiger partial charge in [-0.15, -0.1) is 0 Å². The van der Waals surface area contributed by atoms with Crippen LogP contribution in [-0.4, -0.2) is 15.6 Å². The van der Waals surface area contributed by atoms with Crippen molar-refractivity contribution in [2.75, 3.05) is 0 Å². The van der Waals surface area contributed by atoms with Gasteiger partial charge in [-0.1, -0.05) is 24.3 Å². The lowest BCUT2D eigenvalue weighted by Gasteiger charge is -2.09. The molecular weight excluding hydrogens is 226 g/mol. The molecule has 2 aromatic rings. The number of hydrogen-bond donors (Lipinski definition) is 1. The minimum absolute atomic E-state index is 0.749. The van der Waals surface area contributed by atoms with Gasteiger partial charge in [-0.25, -0.2) is 4.79 Å². The predicted molar refractivity (Wildman–Crippen MR) is 71.4 cm³/mol. The van der Waals surface area contributed by atoms with Gasteiger partial charge in [0.05, 0.1) is 0 Å². The zero-order chi connectivity index (χ0) is 13.0. The minimum Gasteiger partial charge on any atom is -0.478 e. The van der Waals surface area contributed by atoms with Crippen LogP contribution in [-0.2, 0) is 11.3 Å². The number of aromatic nitrogens is 1. The van der Waals surface area contributed by atoms with E-state index in [9.17, 15) is 4.79 Å². The van der Waals surface area contributed by atoms with E-state index < -0.39 is 5.97 Å². The molecule has 0 aliphatic heterocycles. The molecule has 0 unspecified atom stereocenters. The maximum Gasteiger partial charge on any atom is 0.328 e. The van der Waals surface area contributed by atoms with Crippen molar-refractivity contribution in [1.82, 2.24) is 4.57 Å². The van der Waals surface area contributed by atoms with Crippen molar-refractivity contribution in [3.63, 3.8) is 0 Å². The van der Waals surface area contributed by atoms with Crippen LogP contribution in [0.25, 0.3) is 6.08 Å². The molecule has 0 saturated carbocycles. The first kappa shape index (κ1) is 12.2. The molecule has 0 spiro atoms. The normalized spacial score (nSPS) is 10.9. The van der Waals surface area contributed by atoms with Crippen molar-refractivity contribution >= 4 is 12.0 Å². The highest BCUT2D eigenvalue weighted by molar-refractivity contribution is 5.84. The Kier molecular flexibility index (Phi) is 3.63. The molecule has 1 aromatic heterocycles. The van der Waals surface area contributed by atoms with Crippen LogP contribution in [0.5, 0.6) is 0 Å². The van der Waals surface area contributed by atoms with Crippen LogP contribution in [0.3, 0.4) is 0 Å². The third kappa shape index (κ3) is 2.88. The molecule has 0 atom stereocenters. The lowest BCUT2D eigenvalue weighted by molar-refractivity contribution is -0.131. The molecule has 0 aliphatic carbocycles. The number of aliphatic carboxylic acids is 1. The summed E-state index contributed by atoms with van der Waals surface area (Å²) in [5, 5.41) is 8.64. The fourth-order valence-electron chi connectivity index (χ4n) is 1.85. The van der Waals surface area contributed by atoms with Crippen LogP contribution >= 0.6 is 0 Å². The summed E-state index contributed by atoms with van der Waals surface area (Å²) in [7, 11) is 0. The average molecular weight is 241 g/mol. The van der Waals surface area contributed by atoms with E-state index in [0.717, 1.165) is 18.3 Å². The van der Waals surface area contributed by atoms with E-state index in [2.05, 4.69) is 19.1 Å². The molecule has 1 N–H and O–H groups in total. The van der Waals surface area contributed by atoms with Crippen molar-refractivity contribution in [2.24, 2.45) is 0 Å². The monoisotopic (exact) mass is 241 g/mol. The largest absolute Gasteiger partial charge is 0.478 e. The summed E-state index contributed by atoms with van der Waals surface area (Å²) in [6.07, 6.45) is 4.72. The summed E-state index contributed by atoms with van der Waals surface area (Å²) >= 11 is 0. The molecule has 0 radical (unpaired) electrons. The first-order valence-corrected chi connectivity index (χ1v) is 5.77. The summed E-state index contributed by atoms with van der Waals surface area (Å²) in [6.45, 7) is 2.82. The lowest BCUT2D eigenvalue weighted by atomic mass is 10.1. The van der Waals surface area contributed by atoms with Gasteiger partial charge in [0, 0.05) is 24.5 Å². The Morgan fingerprint density at radius 3 is 2.78 bits per heavy atom. The Bertz CT molecular complexity index is 582. The number of nitrogens with zero attached hydrogens (tertiary/aromatic N) is 1. The topological polar surface area (TPSA) is 42.2 Å². The Balaban J connectivity index is 2.23. The van der Waals surface area contributed by atoms with Crippen LogP contribution in [0, 0.1) is 6.92 Å². The van der Waals surface area contributed by atoms with Crippen LogP contribution in [0.1, 0.15) is 16.8 Å². The van der Waals surface area contributed by atoms with Crippen LogP contribution in [0.15, 0.2) is 48.7 Å². The molecule has 3 nitrogen and oxygen atoms in total. The second kappa shape index (κ2) is 5.36. The zero-order valence-corrected chi connectivity index (χ0v) is 10.2. The van der Waals surface area contributed by atoms with Crippen LogP contribution in [0.2, 0.25) is 0 Å². The standard InChI is InChI=1S/C15H15NO2/c1-12-5-2-3-6-13(12)11-16-10-4-7-14(16)8-9-15(17)18/h2-10H,11H2,1H3,(H,17,18)/b9-8+. The van der Waals surface area contributed by atoms with Crippen molar-refractivity contribution < 1.29 is 9.90 Å². The molecular formula is C15H15NO2. The van der Waals surface area contributed by atoms with Crippen molar-refractivity contribution in [2.45, 2.75) is 13.5 Å². The summed E-state index contributed by atoms with van der Waals surface area (Å²) in [5.74, 6) is -0.932. The van der Waals surface area contributed by atoms with Gasteiger partial charge in [0.1, 0.15) is 0 Å². The van der Waals surface area contributed by atoms with E-state index in [1.807, 2.05) is 35.0 Å². The molecule has 0 fully saturated rings. The number of hydrogen-bond acceptors (Lipinski definition) is 1. The Morgan fingerprint density at radius 1 is 1.28 bits per heavy atom. The quantitative estimate of drug-likeness (QED) is 0.836. The van der Waals surface area contributed by atoms with Crippen molar-refractivity contribution in [1.29, 1.82) is 0 Å². The lowest BCUT2D eigenvalue weighted by Crippen LogP contribution is -2.02. The highest BCUT2D eigenvalue weighted by Gasteiger charge is 2.01. The summed E-state index contributed by atoms with van der Waals surface area (Å²) < 4.78 is 2.03. The van der Waals surface area contributed by atoms with Gasteiger partial charge in [0.2, 0.25) is 0 Å². The van der Waals surface area contributed by atoms with Gasteiger partial charge < -0.3 is 9.67 Å². The van der Waals surface area contributed by atoms with Crippen molar-refractivity contribution in [3.05, 3.63) is 65.5 Å². The second-order valence-corrected chi connectivity index (χ2v) is 4.16. The maximum absolute atomic E-state index is 10.5. The molecule has 1 aromatic carbocycles. The van der Waals surface area contributed by atoms with Crippen LogP contribution < -0.4 is 0 Å². The Hall–Kier alpha value is -2.29. The summed E-state index contributed by atoms with van der Waals surface area (Å²) in [4.78, 5) is 10.5. The van der Waals surface area contributed by atoms with Crippen molar-refractivity contribution in [3.8, 4) is 0 Å². The number of carboxylic acids is 1. The van der Waals surface area contributed by atoms with Gasteiger partial charge in [-0.3, -0.25) is 0 Å². The summed E-state index contributed by atoms with van der Waals surface area (Å²) in [5.41, 5.74) is 3.36. The first-order valence-electron chi connectivity index (χ1n) is 5.77. The van der Waals surface area contributed by atoms with Gasteiger partial charge in [0.15, 0.2) is 0 Å². The van der Waals surface area contributed by atoms with E-state index in [1.54, 1.807) is 6.08 Å². The highest BCUT2D eigenvalue weighted by atomic mass is 16.4. The third-order valence-electron chi connectivity index (χ3n) is 2.86. The van der Waals surface area contributed by atoms with E-state index in [-0.39, 0.29) is 0 Å². The predicted octanol–water partition coefficient (Wildman–Crippen LogP) is 2.94. The van der Waals surface area contributed by atoms with E-state index >= 15 is 0 Å². The number of rotatable bonds is 4. The first-order chi connectivity index (χ1) is 8.66. The number of aryl methyl sites for hydroxylation is 1. The smallest absolute Gasteiger partial charge is 0.328 e. The molecule has 1 heterocycles. The summed E-state index contributed by atoms with van der Waals surface area (Å²) in [6, 6.07) is 12.0. The zero-order valence-electron chi connectivity index (χ0n) is 10.2. The van der Waals surface area contributed by atoms with E-state index in [4.69, 9.17) is 5.11 Å². The Morgan fingerprint density at radius 2 is 2.06 bits per heavy atom. The van der Waals surface area contributed by atoms with Gasteiger partial charge in [0.25, 0.3) is 0 Å². The third-order valence-corrected chi connectivity index (χ3v) is 2.86. The maximum atomic E-state index is 10.5. The van der Waals surface area contributed by atoms with Crippen LogP contribution in [0.4, 0.5) is 0 Å².